The standard InChI is InChI=1S/C19H19F5N2/c1-2-4-12-7-8-13(15-5-3-6-16(20)17(15)21)11-26-14(9-19(22,23)24)10-25-18(12)26/h2-3,5-6,10,12-13H,1,4,7-9,11H2/t12-,13-/m1/s1. The van der Waals surface area contributed by atoms with Crippen LogP contribution in [-0.4, -0.2) is 15.7 Å². The summed E-state index contributed by atoms with van der Waals surface area (Å²) in [4.78, 5) is 4.22. The number of alkyl halides is 3. The van der Waals surface area contributed by atoms with Crippen molar-refractivity contribution in [1.29, 1.82) is 0 Å². The van der Waals surface area contributed by atoms with Gasteiger partial charge in [0.2, 0.25) is 0 Å². The Bertz CT molecular complexity index is 794. The van der Waals surface area contributed by atoms with E-state index in [0.717, 1.165) is 6.07 Å². The minimum absolute atomic E-state index is 0.0465. The zero-order valence-electron chi connectivity index (χ0n) is 14.1. The zero-order valence-corrected chi connectivity index (χ0v) is 14.1. The highest BCUT2D eigenvalue weighted by molar-refractivity contribution is 5.25. The van der Waals surface area contributed by atoms with Gasteiger partial charge in [-0.3, -0.25) is 0 Å². The van der Waals surface area contributed by atoms with Crippen LogP contribution in [0.1, 0.15) is 48.2 Å². The van der Waals surface area contributed by atoms with E-state index >= 15 is 0 Å². The highest BCUT2D eigenvalue weighted by Gasteiger charge is 2.34. The number of imidazole rings is 1. The fourth-order valence-corrected chi connectivity index (χ4v) is 3.67. The summed E-state index contributed by atoms with van der Waals surface area (Å²) in [5, 5.41) is 0. The number of allylic oxidation sites excluding steroid dienone is 1. The average molecular weight is 370 g/mol. The van der Waals surface area contributed by atoms with Crippen molar-refractivity contribution in [3.63, 3.8) is 0 Å². The van der Waals surface area contributed by atoms with Crippen LogP contribution in [0.25, 0.3) is 0 Å². The van der Waals surface area contributed by atoms with Crippen LogP contribution in [0.4, 0.5) is 22.0 Å². The summed E-state index contributed by atoms with van der Waals surface area (Å²) in [5.41, 5.74) is 0.243. The molecule has 26 heavy (non-hydrogen) atoms. The van der Waals surface area contributed by atoms with Crippen molar-refractivity contribution < 1.29 is 22.0 Å². The molecule has 0 radical (unpaired) electrons. The lowest BCUT2D eigenvalue weighted by molar-refractivity contribution is -0.128. The van der Waals surface area contributed by atoms with E-state index in [1.807, 2.05) is 0 Å². The van der Waals surface area contributed by atoms with Gasteiger partial charge in [0.1, 0.15) is 5.82 Å². The van der Waals surface area contributed by atoms with Crippen molar-refractivity contribution in [1.82, 2.24) is 9.55 Å². The zero-order chi connectivity index (χ0) is 18.9. The molecule has 1 aromatic heterocycles. The number of benzene rings is 1. The van der Waals surface area contributed by atoms with Gasteiger partial charge in [-0.15, -0.1) is 6.58 Å². The third-order valence-corrected chi connectivity index (χ3v) is 4.85. The van der Waals surface area contributed by atoms with Crippen LogP contribution in [0.3, 0.4) is 0 Å². The van der Waals surface area contributed by atoms with Gasteiger partial charge in [-0.1, -0.05) is 18.2 Å². The minimum Gasteiger partial charge on any atom is -0.331 e. The van der Waals surface area contributed by atoms with Crippen molar-refractivity contribution in [2.45, 2.75) is 50.2 Å². The molecular weight excluding hydrogens is 351 g/mol. The van der Waals surface area contributed by atoms with E-state index in [1.54, 1.807) is 6.08 Å². The maximum atomic E-state index is 14.2. The van der Waals surface area contributed by atoms with Crippen molar-refractivity contribution in [3.05, 3.63) is 65.8 Å². The molecule has 0 spiro atoms. The summed E-state index contributed by atoms with van der Waals surface area (Å²) in [6, 6.07) is 3.95. The molecule has 2 aromatic rings. The summed E-state index contributed by atoms with van der Waals surface area (Å²) in [7, 11) is 0. The SMILES string of the molecule is C=CC[C@@H]1CC[C@@H](c2cccc(F)c2F)Cn2c(CC(F)(F)F)cnc21. The molecule has 1 aromatic carbocycles. The van der Waals surface area contributed by atoms with Gasteiger partial charge in [-0.05, 0) is 30.9 Å². The Balaban J connectivity index is 2.01. The first-order valence-corrected chi connectivity index (χ1v) is 8.46. The van der Waals surface area contributed by atoms with Crippen molar-refractivity contribution in [2.75, 3.05) is 0 Å². The molecule has 0 bridgehead atoms. The van der Waals surface area contributed by atoms with E-state index in [-0.39, 0.29) is 23.7 Å². The van der Waals surface area contributed by atoms with Crippen molar-refractivity contribution >= 4 is 0 Å². The van der Waals surface area contributed by atoms with Crippen LogP contribution in [0.5, 0.6) is 0 Å². The molecule has 0 unspecified atom stereocenters. The van der Waals surface area contributed by atoms with Crippen LogP contribution in [0.2, 0.25) is 0 Å². The smallest absolute Gasteiger partial charge is 0.331 e. The summed E-state index contributed by atoms with van der Waals surface area (Å²) in [6.45, 7) is 3.85. The molecule has 0 N–H and O–H groups in total. The third kappa shape index (κ3) is 3.81. The molecule has 2 nitrogen and oxygen atoms in total. The topological polar surface area (TPSA) is 17.8 Å². The lowest BCUT2D eigenvalue weighted by atomic mass is 9.90. The van der Waals surface area contributed by atoms with Gasteiger partial charge in [0.25, 0.3) is 0 Å². The quantitative estimate of drug-likeness (QED) is 0.513. The summed E-state index contributed by atoms with van der Waals surface area (Å²) >= 11 is 0. The van der Waals surface area contributed by atoms with Crippen molar-refractivity contribution in [3.8, 4) is 0 Å². The predicted octanol–water partition coefficient (Wildman–Crippen LogP) is 5.50. The van der Waals surface area contributed by atoms with Crippen LogP contribution >= 0.6 is 0 Å². The molecule has 140 valence electrons. The van der Waals surface area contributed by atoms with Gasteiger partial charge in [0.15, 0.2) is 11.6 Å². The van der Waals surface area contributed by atoms with E-state index in [0.29, 0.717) is 25.1 Å². The molecule has 0 fully saturated rings. The van der Waals surface area contributed by atoms with Gasteiger partial charge < -0.3 is 4.57 Å². The summed E-state index contributed by atoms with van der Waals surface area (Å²) in [5.74, 6) is -1.82. The van der Waals surface area contributed by atoms with Gasteiger partial charge in [-0.2, -0.15) is 13.2 Å². The number of fused-ring (bicyclic) bond motifs is 1. The molecule has 2 heterocycles. The Hall–Kier alpha value is -2.18. The molecule has 0 aliphatic carbocycles. The van der Waals surface area contributed by atoms with Gasteiger partial charge in [0, 0.05) is 30.3 Å². The number of nitrogens with zero attached hydrogens (tertiary/aromatic N) is 2. The lowest BCUT2D eigenvalue weighted by Crippen LogP contribution is -2.18. The molecule has 7 heteroatoms. The first-order chi connectivity index (χ1) is 12.3. The Labute approximate surface area is 148 Å². The van der Waals surface area contributed by atoms with Crippen LogP contribution < -0.4 is 0 Å². The predicted molar refractivity (Wildman–Crippen MR) is 87.9 cm³/mol. The fourth-order valence-electron chi connectivity index (χ4n) is 3.67. The first kappa shape index (κ1) is 18.6. The second kappa shape index (κ2) is 7.21. The maximum absolute atomic E-state index is 14.2. The maximum Gasteiger partial charge on any atom is 0.394 e. The number of hydrogen-bond acceptors (Lipinski definition) is 1. The Kier molecular flexibility index (Phi) is 5.16. The van der Waals surface area contributed by atoms with Crippen LogP contribution in [-0.2, 0) is 13.0 Å². The normalized spacial score (nSPS) is 20.5. The van der Waals surface area contributed by atoms with Crippen LogP contribution in [0, 0.1) is 11.6 Å². The molecule has 3 rings (SSSR count). The van der Waals surface area contributed by atoms with E-state index in [1.165, 1.54) is 22.9 Å². The average Bonchev–Trinajstić information content (AvgIpc) is 2.83. The molecule has 0 saturated heterocycles. The molecular formula is C19H19F5N2. The van der Waals surface area contributed by atoms with Gasteiger partial charge in [-0.25, -0.2) is 13.8 Å². The molecule has 1 aliphatic rings. The molecule has 0 saturated carbocycles. The second-order valence-electron chi connectivity index (χ2n) is 6.65. The monoisotopic (exact) mass is 370 g/mol. The van der Waals surface area contributed by atoms with E-state index in [9.17, 15) is 22.0 Å². The largest absolute Gasteiger partial charge is 0.394 e. The van der Waals surface area contributed by atoms with Gasteiger partial charge in [0.05, 0.1) is 6.42 Å². The van der Waals surface area contributed by atoms with E-state index < -0.39 is 30.1 Å². The van der Waals surface area contributed by atoms with E-state index in [2.05, 4.69) is 11.6 Å². The minimum atomic E-state index is -4.36. The first-order valence-electron chi connectivity index (χ1n) is 8.46. The lowest BCUT2D eigenvalue weighted by Gasteiger charge is -2.19. The van der Waals surface area contributed by atoms with Crippen LogP contribution in [0.15, 0.2) is 37.1 Å². The summed E-state index contributed by atoms with van der Waals surface area (Å²) < 4.78 is 68.1. The highest BCUT2D eigenvalue weighted by Crippen LogP contribution is 2.38. The number of aromatic nitrogens is 2. The fraction of sp³-hybridized carbons (Fsp3) is 0.421. The third-order valence-electron chi connectivity index (χ3n) is 4.85. The number of hydrogen-bond donors (Lipinski definition) is 0. The number of halogens is 5. The van der Waals surface area contributed by atoms with Crippen molar-refractivity contribution in [2.24, 2.45) is 0 Å². The Morgan fingerprint density at radius 2 is 2.00 bits per heavy atom. The molecule has 2 atom stereocenters. The number of rotatable bonds is 4. The second-order valence-corrected chi connectivity index (χ2v) is 6.65. The van der Waals surface area contributed by atoms with E-state index in [4.69, 9.17) is 0 Å². The highest BCUT2D eigenvalue weighted by atomic mass is 19.4. The Morgan fingerprint density at radius 1 is 1.23 bits per heavy atom. The molecule has 1 aliphatic heterocycles. The Morgan fingerprint density at radius 3 is 2.69 bits per heavy atom. The van der Waals surface area contributed by atoms with Gasteiger partial charge >= 0.3 is 6.18 Å². The molecule has 0 amide bonds. The summed E-state index contributed by atoms with van der Waals surface area (Å²) in [6.07, 6.45) is -0.793.